The smallest absolute Gasteiger partial charge is 0.326 e. The molecule has 0 spiro atoms. The molecule has 0 radical (unpaired) electrons. The number of carbonyl (C=O) groups is 2. The average molecular weight is 293 g/mol. The highest BCUT2D eigenvalue weighted by molar-refractivity contribution is 5.84. The number of rotatable bonds is 4. The molecule has 21 heavy (non-hydrogen) atoms. The van der Waals surface area contributed by atoms with Crippen molar-refractivity contribution in [2.75, 3.05) is 6.54 Å². The van der Waals surface area contributed by atoms with Crippen LogP contribution in [0.1, 0.15) is 44.1 Å². The number of halogens is 1. The quantitative estimate of drug-likeness (QED) is 0.928. The molecule has 1 heterocycles. The molecule has 0 bridgehead atoms. The van der Waals surface area contributed by atoms with Gasteiger partial charge < -0.3 is 10.0 Å². The summed E-state index contributed by atoms with van der Waals surface area (Å²) in [6, 6.07) is 5.37. The monoisotopic (exact) mass is 293 g/mol. The lowest BCUT2D eigenvalue weighted by Gasteiger charge is -2.33. The minimum atomic E-state index is -0.933. The van der Waals surface area contributed by atoms with Crippen LogP contribution in [-0.4, -0.2) is 34.5 Å². The van der Waals surface area contributed by atoms with Gasteiger partial charge in [-0.05, 0) is 42.9 Å². The zero-order valence-electron chi connectivity index (χ0n) is 12.1. The first kappa shape index (κ1) is 15.5. The van der Waals surface area contributed by atoms with Crippen LogP contribution in [0.3, 0.4) is 0 Å². The van der Waals surface area contributed by atoms with Gasteiger partial charge in [-0.2, -0.15) is 0 Å². The van der Waals surface area contributed by atoms with E-state index in [0.717, 1.165) is 18.4 Å². The Morgan fingerprint density at radius 1 is 1.33 bits per heavy atom. The molecule has 114 valence electrons. The summed E-state index contributed by atoms with van der Waals surface area (Å²) < 4.78 is 12.9. The Morgan fingerprint density at radius 2 is 2.00 bits per heavy atom. The number of hydrogen-bond acceptors (Lipinski definition) is 2. The van der Waals surface area contributed by atoms with Gasteiger partial charge in [0.15, 0.2) is 0 Å². The lowest BCUT2D eigenvalue weighted by atomic mass is 9.95. The second kappa shape index (κ2) is 6.70. The van der Waals surface area contributed by atoms with Crippen LogP contribution < -0.4 is 0 Å². The molecule has 1 aliphatic rings. The molecular weight excluding hydrogens is 273 g/mol. The number of carboxylic acid groups (broad SMARTS) is 1. The largest absolute Gasteiger partial charge is 0.480 e. The zero-order valence-corrected chi connectivity index (χ0v) is 12.1. The van der Waals surface area contributed by atoms with E-state index < -0.39 is 12.0 Å². The third kappa shape index (κ3) is 3.80. The molecule has 1 N–H and O–H groups in total. The maximum Gasteiger partial charge on any atom is 0.326 e. The Bertz CT molecular complexity index is 515. The second-order valence-electron chi connectivity index (χ2n) is 5.59. The molecule has 2 atom stereocenters. The SMILES string of the molecule is CC(CC(=O)N1CCCC[C@@H]1C(=O)O)c1ccc(F)cc1. The van der Waals surface area contributed by atoms with Crippen molar-refractivity contribution in [1.29, 1.82) is 0 Å². The fourth-order valence-corrected chi connectivity index (χ4v) is 2.78. The lowest BCUT2D eigenvalue weighted by Crippen LogP contribution is -2.48. The van der Waals surface area contributed by atoms with Crippen LogP contribution in [0.25, 0.3) is 0 Å². The molecule has 1 unspecified atom stereocenters. The summed E-state index contributed by atoms with van der Waals surface area (Å²) in [5, 5.41) is 9.20. The summed E-state index contributed by atoms with van der Waals surface area (Å²) in [5.74, 6) is -1.44. The molecule has 0 aromatic heterocycles. The van der Waals surface area contributed by atoms with Crippen LogP contribution in [-0.2, 0) is 9.59 Å². The molecule has 1 aromatic rings. The zero-order chi connectivity index (χ0) is 15.4. The van der Waals surface area contributed by atoms with Gasteiger partial charge in [0, 0.05) is 13.0 Å². The van der Waals surface area contributed by atoms with Gasteiger partial charge in [0.05, 0.1) is 0 Å². The summed E-state index contributed by atoms with van der Waals surface area (Å²) in [6.07, 6.45) is 2.45. The summed E-state index contributed by atoms with van der Waals surface area (Å²) in [6.45, 7) is 2.40. The Morgan fingerprint density at radius 3 is 2.62 bits per heavy atom. The predicted molar refractivity (Wildman–Crippen MR) is 76.4 cm³/mol. The van der Waals surface area contributed by atoms with Gasteiger partial charge in [-0.1, -0.05) is 19.1 Å². The number of benzene rings is 1. The van der Waals surface area contributed by atoms with Gasteiger partial charge in [0.1, 0.15) is 11.9 Å². The molecule has 5 heteroatoms. The number of carboxylic acids is 1. The minimum Gasteiger partial charge on any atom is -0.480 e. The van der Waals surface area contributed by atoms with E-state index in [1.54, 1.807) is 12.1 Å². The molecule has 0 saturated carbocycles. The van der Waals surface area contributed by atoms with Crippen molar-refractivity contribution in [2.24, 2.45) is 0 Å². The second-order valence-corrected chi connectivity index (χ2v) is 5.59. The number of nitrogens with zero attached hydrogens (tertiary/aromatic N) is 1. The van der Waals surface area contributed by atoms with E-state index in [-0.39, 0.29) is 24.1 Å². The Kier molecular flexibility index (Phi) is 4.94. The fourth-order valence-electron chi connectivity index (χ4n) is 2.78. The van der Waals surface area contributed by atoms with Crippen molar-refractivity contribution in [3.8, 4) is 0 Å². The molecular formula is C16H20FNO3. The number of carbonyl (C=O) groups excluding carboxylic acids is 1. The first-order valence-electron chi connectivity index (χ1n) is 7.26. The van der Waals surface area contributed by atoms with Crippen molar-refractivity contribution >= 4 is 11.9 Å². The van der Waals surface area contributed by atoms with Crippen LogP contribution in [0.15, 0.2) is 24.3 Å². The van der Waals surface area contributed by atoms with Gasteiger partial charge >= 0.3 is 5.97 Å². The van der Waals surface area contributed by atoms with E-state index >= 15 is 0 Å². The molecule has 1 aromatic carbocycles. The highest BCUT2D eigenvalue weighted by atomic mass is 19.1. The molecule has 1 amide bonds. The molecule has 1 saturated heterocycles. The van der Waals surface area contributed by atoms with Crippen molar-refractivity contribution in [3.63, 3.8) is 0 Å². The predicted octanol–water partition coefficient (Wildman–Crippen LogP) is 2.79. The molecule has 1 fully saturated rings. The standard InChI is InChI=1S/C16H20FNO3/c1-11(12-5-7-13(17)8-6-12)10-15(19)18-9-3-2-4-14(18)16(20)21/h5-8,11,14H,2-4,9-10H2,1H3,(H,20,21)/t11?,14-/m1/s1. The molecule has 0 aliphatic carbocycles. The maximum absolute atomic E-state index is 12.9. The number of amides is 1. The lowest BCUT2D eigenvalue weighted by molar-refractivity contribution is -0.152. The van der Waals surface area contributed by atoms with E-state index in [1.807, 2.05) is 6.92 Å². The van der Waals surface area contributed by atoms with Crippen LogP contribution in [0.2, 0.25) is 0 Å². The fraction of sp³-hybridized carbons (Fsp3) is 0.500. The number of piperidine rings is 1. The van der Waals surface area contributed by atoms with Crippen molar-refractivity contribution < 1.29 is 19.1 Å². The Hall–Kier alpha value is -1.91. The van der Waals surface area contributed by atoms with Crippen molar-refractivity contribution in [3.05, 3.63) is 35.6 Å². The minimum absolute atomic E-state index is 0.0607. The normalized spacial score (nSPS) is 20.1. The Labute approximate surface area is 123 Å². The highest BCUT2D eigenvalue weighted by Crippen LogP contribution is 2.24. The summed E-state index contributed by atoms with van der Waals surface area (Å²) in [5.41, 5.74) is 0.883. The number of hydrogen-bond donors (Lipinski definition) is 1. The van der Waals surface area contributed by atoms with E-state index in [4.69, 9.17) is 0 Å². The van der Waals surface area contributed by atoms with Crippen LogP contribution in [0.4, 0.5) is 4.39 Å². The molecule has 4 nitrogen and oxygen atoms in total. The topological polar surface area (TPSA) is 57.6 Å². The van der Waals surface area contributed by atoms with Gasteiger partial charge in [-0.15, -0.1) is 0 Å². The molecule has 1 aliphatic heterocycles. The van der Waals surface area contributed by atoms with Crippen molar-refractivity contribution in [2.45, 2.75) is 44.6 Å². The number of likely N-dealkylation sites (tertiary alicyclic amines) is 1. The number of aliphatic carboxylic acids is 1. The highest BCUT2D eigenvalue weighted by Gasteiger charge is 2.32. The summed E-state index contributed by atoms with van der Waals surface area (Å²) in [4.78, 5) is 25.1. The van der Waals surface area contributed by atoms with E-state index in [0.29, 0.717) is 13.0 Å². The summed E-state index contributed by atoms with van der Waals surface area (Å²) in [7, 11) is 0. The van der Waals surface area contributed by atoms with Gasteiger partial charge in [0.2, 0.25) is 5.91 Å². The van der Waals surface area contributed by atoms with Gasteiger partial charge in [-0.3, -0.25) is 4.79 Å². The maximum atomic E-state index is 12.9. The Balaban J connectivity index is 2.02. The van der Waals surface area contributed by atoms with Crippen molar-refractivity contribution in [1.82, 2.24) is 4.90 Å². The van der Waals surface area contributed by atoms with Crippen LogP contribution in [0, 0.1) is 5.82 Å². The van der Waals surface area contributed by atoms with E-state index in [2.05, 4.69) is 0 Å². The van der Waals surface area contributed by atoms with Crippen LogP contribution >= 0.6 is 0 Å². The first-order chi connectivity index (χ1) is 9.99. The van der Waals surface area contributed by atoms with Gasteiger partial charge in [0.25, 0.3) is 0 Å². The van der Waals surface area contributed by atoms with Gasteiger partial charge in [-0.25, -0.2) is 9.18 Å². The van der Waals surface area contributed by atoms with Crippen LogP contribution in [0.5, 0.6) is 0 Å². The average Bonchev–Trinajstić information content (AvgIpc) is 2.47. The third-order valence-electron chi connectivity index (χ3n) is 4.03. The third-order valence-corrected chi connectivity index (χ3v) is 4.03. The molecule has 2 rings (SSSR count). The summed E-state index contributed by atoms with van der Waals surface area (Å²) >= 11 is 0. The van der Waals surface area contributed by atoms with E-state index in [9.17, 15) is 19.1 Å². The van der Waals surface area contributed by atoms with E-state index in [1.165, 1.54) is 17.0 Å². The first-order valence-corrected chi connectivity index (χ1v) is 7.26.